The van der Waals surface area contributed by atoms with E-state index < -0.39 is 34.7 Å². The number of halogens is 3. The van der Waals surface area contributed by atoms with Gasteiger partial charge in [-0.2, -0.15) is 0 Å². The topological polar surface area (TPSA) is 68.7 Å². The van der Waals surface area contributed by atoms with E-state index in [1.807, 2.05) is 0 Å². The number of carbonyl (C=O) groups is 2. The van der Waals surface area contributed by atoms with Crippen molar-refractivity contribution in [1.29, 1.82) is 0 Å². The van der Waals surface area contributed by atoms with E-state index in [-0.39, 0.29) is 24.0 Å². The first-order valence-electron chi connectivity index (χ1n) is 8.55. The molecule has 1 aromatic heterocycles. The number of ether oxygens (including phenoxy) is 2. The third-order valence-corrected chi connectivity index (χ3v) is 4.29. The molecule has 0 atom stereocenters. The molecule has 28 heavy (non-hydrogen) atoms. The van der Waals surface area contributed by atoms with Crippen LogP contribution in [0.5, 0.6) is 5.75 Å². The number of benzene rings is 1. The SMILES string of the molecule is COC(=O)c1ccc(F)c(-c2c(F)cc(OCCN3CCCC3=O)cc2F)n1. The lowest BCUT2D eigenvalue weighted by Crippen LogP contribution is -2.29. The molecule has 1 aliphatic rings. The number of amides is 1. The molecule has 2 heterocycles. The Morgan fingerprint density at radius 3 is 2.50 bits per heavy atom. The Balaban J connectivity index is 1.80. The summed E-state index contributed by atoms with van der Waals surface area (Å²) in [6.07, 6.45) is 1.27. The number of carbonyl (C=O) groups excluding carboxylic acids is 2. The molecule has 0 radical (unpaired) electrons. The van der Waals surface area contributed by atoms with Crippen LogP contribution in [0, 0.1) is 17.5 Å². The minimum Gasteiger partial charge on any atom is -0.492 e. The van der Waals surface area contributed by atoms with Crippen LogP contribution >= 0.6 is 0 Å². The van der Waals surface area contributed by atoms with Crippen molar-refractivity contribution in [2.24, 2.45) is 0 Å². The standard InChI is InChI=1S/C19H17F3N2O4/c1-27-19(26)15-5-4-12(20)18(23-15)17-13(21)9-11(10-14(17)22)28-8-7-24-6-2-3-16(24)25/h4-5,9-10H,2-3,6-8H2,1H3. The zero-order chi connectivity index (χ0) is 20.3. The third-order valence-electron chi connectivity index (χ3n) is 4.29. The number of nitrogens with zero attached hydrogens (tertiary/aromatic N) is 2. The number of hydrogen-bond acceptors (Lipinski definition) is 5. The number of pyridine rings is 1. The van der Waals surface area contributed by atoms with Gasteiger partial charge in [0.2, 0.25) is 5.91 Å². The lowest BCUT2D eigenvalue weighted by Gasteiger charge is -2.16. The number of hydrogen-bond donors (Lipinski definition) is 0. The summed E-state index contributed by atoms with van der Waals surface area (Å²) in [7, 11) is 1.11. The predicted molar refractivity (Wildman–Crippen MR) is 92.2 cm³/mol. The molecule has 1 amide bonds. The fraction of sp³-hybridized carbons (Fsp3) is 0.316. The predicted octanol–water partition coefficient (Wildman–Crippen LogP) is 2.95. The van der Waals surface area contributed by atoms with E-state index in [9.17, 15) is 22.8 Å². The first kappa shape index (κ1) is 19.7. The minimum absolute atomic E-state index is 0.0170. The third kappa shape index (κ3) is 4.08. The molecular formula is C19H17F3N2O4. The number of methoxy groups -OCH3 is 1. The van der Waals surface area contributed by atoms with Gasteiger partial charge < -0.3 is 14.4 Å². The van der Waals surface area contributed by atoms with Crippen molar-refractivity contribution in [1.82, 2.24) is 9.88 Å². The van der Waals surface area contributed by atoms with Gasteiger partial charge in [0.1, 0.15) is 41.2 Å². The Labute approximate surface area is 158 Å². The van der Waals surface area contributed by atoms with Crippen molar-refractivity contribution in [3.8, 4) is 17.0 Å². The number of likely N-dealkylation sites (tertiary alicyclic amines) is 1. The van der Waals surface area contributed by atoms with Gasteiger partial charge >= 0.3 is 5.97 Å². The fourth-order valence-corrected chi connectivity index (χ4v) is 2.91. The van der Waals surface area contributed by atoms with E-state index in [0.717, 1.165) is 37.8 Å². The van der Waals surface area contributed by atoms with Gasteiger partial charge in [-0.05, 0) is 18.6 Å². The van der Waals surface area contributed by atoms with Crippen LogP contribution in [0.1, 0.15) is 23.3 Å². The first-order chi connectivity index (χ1) is 13.4. The molecule has 0 unspecified atom stereocenters. The Morgan fingerprint density at radius 2 is 1.89 bits per heavy atom. The van der Waals surface area contributed by atoms with Crippen molar-refractivity contribution < 1.29 is 32.2 Å². The highest BCUT2D eigenvalue weighted by molar-refractivity contribution is 5.88. The van der Waals surface area contributed by atoms with E-state index in [0.29, 0.717) is 19.5 Å². The lowest BCUT2D eigenvalue weighted by atomic mass is 10.1. The molecule has 9 heteroatoms. The Kier molecular flexibility index (Phi) is 5.81. The van der Waals surface area contributed by atoms with Crippen LogP contribution in [0.2, 0.25) is 0 Å². The Bertz CT molecular complexity index is 897. The monoisotopic (exact) mass is 394 g/mol. The molecule has 1 aromatic carbocycles. The highest BCUT2D eigenvalue weighted by Gasteiger charge is 2.22. The summed E-state index contributed by atoms with van der Waals surface area (Å²) >= 11 is 0. The van der Waals surface area contributed by atoms with Gasteiger partial charge in [-0.15, -0.1) is 0 Å². The quantitative estimate of drug-likeness (QED) is 0.705. The van der Waals surface area contributed by atoms with Gasteiger partial charge in [-0.1, -0.05) is 0 Å². The van der Waals surface area contributed by atoms with E-state index in [4.69, 9.17) is 4.74 Å². The number of aromatic nitrogens is 1. The zero-order valence-corrected chi connectivity index (χ0v) is 15.0. The molecule has 0 spiro atoms. The maximum absolute atomic E-state index is 14.5. The van der Waals surface area contributed by atoms with Crippen LogP contribution in [0.15, 0.2) is 24.3 Å². The highest BCUT2D eigenvalue weighted by Crippen LogP contribution is 2.30. The Morgan fingerprint density at radius 1 is 1.18 bits per heavy atom. The average molecular weight is 394 g/mol. The zero-order valence-electron chi connectivity index (χ0n) is 15.0. The molecule has 0 aliphatic carbocycles. The van der Waals surface area contributed by atoms with E-state index >= 15 is 0 Å². The number of esters is 1. The van der Waals surface area contributed by atoms with Crippen LogP contribution in [0.25, 0.3) is 11.3 Å². The average Bonchev–Trinajstić information content (AvgIpc) is 3.07. The van der Waals surface area contributed by atoms with Crippen molar-refractivity contribution in [3.05, 3.63) is 47.4 Å². The second-order valence-corrected chi connectivity index (χ2v) is 6.11. The summed E-state index contributed by atoms with van der Waals surface area (Å²) < 4.78 is 52.8. The van der Waals surface area contributed by atoms with Gasteiger partial charge in [0.15, 0.2) is 0 Å². The number of rotatable bonds is 6. The molecule has 2 aromatic rings. The van der Waals surface area contributed by atoms with Crippen molar-refractivity contribution in [2.75, 3.05) is 26.8 Å². The maximum Gasteiger partial charge on any atom is 0.356 e. The van der Waals surface area contributed by atoms with Gasteiger partial charge in [0.25, 0.3) is 0 Å². The molecule has 148 valence electrons. The van der Waals surface area contributed by atoms with Crippen LogP contribution in [-0.2, 0) is 9.53 Å². The summed E-state index contributed by atoms with van der Waals surface area (Å²) in [6.45, 7) is 1.00. The van der Waals surface area contributed by atoms with Crippen molar-refractivity contribution in [3.63, 3.8) is 0 Å². The maximum atomic E-state index is 14.5. The molecule has 1 fully saturated rings. The lowest BCUT2D eigenvalue weighted by molar-refractivity contribution is -0.128. The minimum atomic E-state index is -1.10. The van der Waals surface area contributed by atoms with E-state index in [2.05, 4.69) is 9.72 Å². The smallest absolute Gasteiger partial charge is 0.356 e. The summed E-state index contributed by atoms with van der Waals surface area (Å²) in [5.41, 5.74) is -1.65. The second kappa shape index (κ2) is 8.28. The normalized spacial score (nSPS) is 13.7. The van der Waals surface area contributed by atoms with Gasteiger partial charge in [-0.25, -0.2) is 22.9 Å². The van der Waals surface area contributed by atoms with Crippen molar-refractivity contribution in [2.45, 2.75) is 12.8 Å². The van der Waals surface area contributed by atoms with Gasteiger partial charge in [0, 0.05) is 25.1 Å². The Hall–Kier alpha value is -3.10. The fourth-order valence-electron chi connectivity index (χ4n) is 2.91. The summed E-state index contributed by atoms with van der Waals surface area (Å²) in [4.78, 5) is 28.4. The van der Waals surface area contributed by atoms with Crippen LogP contribution < -0.4 is 4.74 Å². The van der Waals surface area contributed by atoms with Crippen LogP contribution in [-0.4, -0.2) is 48.6 Å². The molecule has 3 rings (SSSR count). The molecule has 6 nitrogen and oxygen atoms in total. The summed E-state index contributed by atoms with van der Waals surface area (Å²) in [5, 5.41) is 0. The highest BCUT2D eigenvalue weighted by atomic mass is 19.1. The molecule has 0 saturated carbocycles. The second-order valence-electron chi connectivity index (χ2n) is 6.11. The van der Waals surface area contributed by atoms with Gasteiger partial charge in [0.05, 0.1) is 19.2 Å². The van der Waals surface area contributed by atoms with Crippen LogP contribution in [0.4, 0.5) is 13.2 Å². The summed E-state index contributed by atoms with van der Waals surface area (Å²) in [5.74, 6) is -4.13. The molecule has 0 bridgehead atoms. The van der Waals surface area contributed by atoms with Crippen molar-refractivity contribution >= 4 is 11.9 Å². The molecule has 1 aliphatic heterocycles. The summed E-state index contributed by atoms with van der Waals surface area (Å²) in [6, 6.07) is 3.73. The molecular weight excluding hydrogens is 377 g/mol. The van der Waals surface area contributed by atoms with Gasteiger partial charge in [-0.3, -0.25) is 4.79 Å². The first-order valence-corrected chi connectivity index (χ1v) is 8.55. The molecule has 1 saturated heterocycles. The van der Waals surface area contributed by atoms with E-state index in [1.54, 1.807) is 4.90 Å². The molecule has 0 N–H and O–H groups in total. The van der Waals surface area contributed by atoms with Crippen LogP contribution in [0.3, 0.4) is 0 Å². The largest absolute Gasteiger partial charge is 0.492 e. The van der Waals surface area contributed by atoms with E-state index in [1.165, 1.54) is 0 Å².